The molecule has 112 valence electrons. The van der Waals surface area contributed by atoms with Crippen LogP contribution in [0.5, 0.6) is 5.75 Å². The summed E-state index contributed by atoms with van der Waals surface area (Å²) in [4.78, 5) is 0. The average Bonchev–Trinajstić information content (AvgIpc) is 2.52. The Hall–Kier alpha value is -1.51. The van der Waals surface area contributed by atoms with E-state index in [1.54, 1.807) is 0 Å². The van der Waals surface area contributed by atoms with Gasteiger partial charge in [-0.1, -0.05) is 55.8 Å². The van der Waals surface area contributed by atoms with Crippen LogP contribution in [0.15, 0.2) is 48.5 Å². The Bertz CT molecular complexity index is 553. The summed E-state index contributed by atoms with van der Waals surface area (Å²) in [6.07, 6.45) is 1.08. The fourth-order valence-electron chi connectivity index (χ4n) is 2.32. The van der Waals surface area contributed by atoms with Crippen LogP contribution in [0, 0.1) is 0 Å². The molecule has 0 bridgehead atoms. The predicted molar refractivity (Wildman–Crippen MR) is 88.9 cm³/mol. The van der Waals surface area contributed by atoms with Gasteiger partial charge in [0.25, 0.3) is 0 Å². The summed E-state index contributed by atoms with van der Waals surface area (Å²) >= 11 is 6.12. The van der Waals surface area contributed by atoms with Crippen LogP contribution in [0.2, 0.25) is 5.02 Å². The molecular weight excluding hydrogens is 282 g/mol. The molecular formula is C18H22ClNO. The standard InChI is InChI=1S/C18H22ClNO/c1-3-18(20-4-2)14-9-11-16(12-10-14)21-13-15-7-5-6-8-17(15)19/h5-12,18,20H,3-4,13H2,1-2H3. The third-order valence-corrected chi connectivity index (χ3v) is 3.86. The van der Waals surface area contributed by atoms with Crippen molar-refractivity contribution in [1.29, 1.82) is 0 Å². The lowest BCUT2D eigenvalue weighted by atomic mass is 10.0. The number of nitrogens with one attached hydrogen (secondary N) is 1. The first kappa shape index (κ1) is 15.9. The Morgan fingerprint density at radius 1 is 1.05 bits per heavy atom. The van der Waals surface area contributed by atoms with Gasteiger partial charge in [-0.3, -0.25) is 0 Å². The van der Waals surface area contributed by atoms with Gasteiger partial charge in [-0.15, -0.1) is 0 Å². The van der Waals surface area contributed by atoms with E-state index in [1.807, 2.05) is 36.4 Å². The quantitative estimate of drug-likeness (QED) is 0.779. The Kier molecular flexibility index (Phi) is 6.09. The molecule has 2 aromatic carbocycles. The minimum Gasteiger partial charge on any atom is -0.489 e. The molecule has 0 aromatic heterocycles. The molecule has 0 heterocycles. The van der Waals surface area contributed by atoms with E-state index in [1.165, 1.54) is 5.56 Å². The second-order valence-electron chi connectivity index (χ2n) is 4.97. The zero-order chi connectivity index (χ0) is 15.1. The highest BCUT2D eigenvalue weighted by molar-refractivity contribution is 6.31. The average molecular weight is 304 g/mol. The molecule has 0 spiro atoms. The zero-order valence-corrected chi connectivity index (χ0v) is 13.4. The second kappa shape index (κ2) is 8.06. The van der Waals surface area contributed by atoms with Crippen molar-refractivity contribution in [1.82, 2.24) is 5.32 Å². The van der Waals surface area contributed by atoms with Crippen LogP contribution in [0.4, 0.5) is 0 Å². The Morgan fingerprint density at radius 3 is 2.38 bits per heavy atom. The van der Waals surface area contributed by atoms with Gasteiger partial charge in [0.2, 0.25) is 0 Å². The van der Waals surface area contributed by atoms with Crippen molar-refractivity contribution in [3.63, 3.8) is 0 Å². The van der Waals surface area contributed by atoms with Crippen LogP contribution in [-0.4, -0.2) is 6.54 Å². The molecule has 21 heavy (non-hydrogen) atoms. The molecule has 1 atom stereocenters. The number of halogens is 1. The monoisotopic (exact) mass is 303 g/mol. The Labute approximate surface area is 132 Å². The van der Waals surface area contributed by atoms with Gasteiger partial charge in [0, 0.05) is 16.6 Å². The molecule has 2 aromatic rings. The van der Waals surface area contributed by atoms with Gasteiger partial charge in [0.15, 0.2) is 0 Å². The molecule has 0 radical (unpaired) electrons. The Balaban J connectivity index is 1.98. The van der Waals surface area contributed by atoms with Gasteiger partial charge in [0.05, 0.1) is 0 Å². The highest BCUT2D eigenvalue weighted by Gasteiger charge is 2.07. The van der Waals surface area contributed by atoms with E-state index in [4.69, 9.17) is 16.3 Å². The lowest BCUT2D eigenvalue weighted by Crippen LogP contribution is -2.19. The van der Waals surface area contributed by atoms with Crippen LogP contribution >= 0.6 is 11.6 Å². The van der Waals surface area contributed by atoms with E-state index in [2.05, 4.69) is 31.3 Å². The molecule has 0 fully saturated rings. The van der Waals surface area contributed by atoms with E-state index in [0.717, 1.165) is 29.3 Å². The van der Waals surface area contributed by atoms with Gasteiger partial charge >= 0.3 is 0 Å². The molecule has 1 unspecified atom stereocenters. The third-order valence-electron chi connectivity index (χ3n) is 3.49. The van der Waals surface area contributed by atoms with E-state index in [0.29, 0.717) is 12.6 Å². The van der Waals surface area contributed by atoms with Gasteiger partial charge in [0.1, 0.15) is 12.4 Å². The van der Waals surface area contributed by atoms with Crippen LogP contribution in [0.1, 0.15) is 37.4 Å². The lowest BCUT2D eigenvalue weighted by molar-refractivity contribution is 0.306. The van der Waals surface area contributed by atoms with Crippen LogP contribution < -0.4 is 10.1 Å². The van der Waals surface area contributed by atoms with E-state index >= 15 is 0 Å². The SMILES string of the molecule is CCNC(CC)c1ccc(OCc2ccccc2Cl)cc1. The summed E-state index contributed by atoms with van der Waals surface area (Å²) in [5.41, 5.74) is 2.30. The maximum absolute atomic E-state index is 6.12. The summed E-state index contributed by atoms with van der Waals surface area (Å²) in [5, 5.41) is 4.22. The van der Waals surface area contributed by atoms with Crippen molar-refractivity contribution in [3.05, 3.63) is 64.7 Å². The lowest BCUT2D eigenvalue weighted by Gasteiger charge is -2.16. The third kappa shape index (κ3) is 4.48. The predicted octanol–water partition coefficient (Wildman–Crippen LogP) is 4.98. The molecule has 0 aliphatic carbocycles. The molecule has 0 saturated carbocycles. The van der Waals surface area contributed by atoms with Crippen molar-refractivity contribution in [2.45, 2.75) is 32.9 Å². The van der Waals surface area contributed by atoms with Gasteiger partial charge in [-0.05, 0) is 36.7 Å². The molecule has 2 rings (SSSR count). The number of benzene rings is 2. The van der Waals surface area contributed by atoms with Crippen LogP contribution in [0.25, 0.3) is 0 Å². The van der Waals surface area contributed by atoms with Crippen molar-refractivity contribution in [3.8, 4) is 5.75 Å². The fourth-order valence-corrected chi connectivity index (χ4v) is 2.51. The van der Waals surface area contributed by atoms with Crippen molar-refractivity contribution < 1.29 is 4.74 Å². The smallest absolute Gasteiger partial charge is 0.119 e. The number of ether oxygens (including phenoxy) is 1. The summed E-state index contributed by atoms with van der Waals surface area (Å²) in [5.74, 6) is 0.866. The summed E-state index contributed by atoms with van der Waals surface area (Å²) in [6.45, 7) is 5.78. The highest BCUT2D eigenvalue weighted by Crippen LogP contribution is 2.22. The minimum atomic E-state index is 0.410. The number of hydrogen-bond donors (Lipinski definition) is 1. The first-order valence-electron chi connectivity index (χ1n) is 7.44. The van der Waals surface area contributed by atoms with Gasteiger partial charge in [-0.25, -0.2) is 0 Å². The fraction of sp³-hybridized carbons (Fsp3) is 0.333. The van der Waals surface area contributed by atoms with Crippen molar-refractivity contribution in [2.75, 3.05) is 6.54 Å². The largest absolute Gasteiger partial charge is 0.489 e. The molecule has 3 heteroatoms. The highest BCUT2D eigenvalue weighted by atomic mass is 35.5. The Morgan fingerprint density at radius 2 is 1.76 bits per heavy atom. The van der Waals surface area contributed by atoms with Crippen molar-refractivity contribution >= 4 is 11.6 Å². The van der Waals surface area contributed by atoms with Gasteiger partial charge in [-0.2, -0.15) is 0 Å². The van der Waals surface area contributed by atoms with Crippen LogP contribution in [0.3, 0.4) is 0 Å². The molecule has 0 saturated heterocycles. The zero-order valence-electron chi connectivity index (χ0n) is 12.6. The number of rotatable bonds is 7. The maximum Gasteiger partial charge on any atom is 0.119 e. The van der Waals surface area contributed by atoms with E-state index in [9.17, 15) is 0 Å². The first-order chi connectivity index (χ1) is 10.2. The molecule has 0 amide bonds. The van der Waals surface area contributed by atoms with Crippen molar-refractivity contribution in [2.24, 2.45) is 0 Å². The van der Waals surface area contributed by atoms with E-state index in [-0.39, 0.29) is 0 Å². The van der Waals surface area contributed by atoms with Crippen LogP contribution in [-0.2, 0) is 6.61 Å². The minimum absolute atomic E-state index is 0.410. The summed E-state index contributed by atoms with van der Waals surface area (Å²) in [7, 11) is 0. The molecule has 0 aliphatic heterocycles. The second-order valence-corrected chi connectivity index (χ2v) is 5.37. The normalized spacial score (nSPS) is 12.1. The first-order valence-corrected chi connectivity index (χ1v) is 7.82. The summed E-state index contributed by atoms with van der Waals surface area (Å²) < 4.78 is 5.80. The summed E-state index contributed by atoms with van der Waals surface area (Å²) in [6, 6.07) is 16.5. The maximum atomic E-state index is 6.12. The molecule has 0 aliphatic rings. The molecule has 2 nitrogen and oxygen atoms in total. The van der Waals surface area contributed by atoms with Gasteiger partial charge < -0.3 is 10.1 Å². The molecule has 1 N–H and O–H groups in total. The topological polar surface area (TPSA) is 21.3 Å². The van der Waals surface area contributed by atoms with E-state index < -0.39 is 0 Å². The number of hydrogen-bond acceptors (Lipinski definition) is 2.